The van der Waals surface area contributed by atoms with E-state index in [2.05, 4.69) is 31.3 Å². The number of nitrogens with two attached hydrogens (primary N) is 1. The molecule has 1 aromatic heterocycles. The maximum Gasteiger partial charge on any atom is 0.151 e. The van der Waals surface area contributed by atoms with Crippen LogP contribution in [0.4, 0.5) is 5.82 Å². The Bertz CT molecular complexity index is 571. The van der Waals surface area contributed by atoms with E-state index in [9.17, 15) is 0 Å². The molecular weight excluding hydrogens is 304 g/mol. The summed E-state index contributed by atoms with van der Waals surface area (Å²) in [6, 6.07) is 3.60. The SMILES string of the molecule is CC(C)c1nc(NN)c2cc(Cl)cc(Br)c2n1. The quantitative estimate of drug-likeness (QED) is 0.658. The lowest BCUT2D eigenvalue weighted by atomic mass is 10.2. The number of rotatable bonds is 2. The molecule has 0 unspecified atom stereocenters. The van der Waals surface area contributed by atoms with Crippen molar-refractivity contribution in [2.75, 3.05) is 5.43 Å². The summed E-state index contributed by atoms with van der Waals surface area (Å²) in [6.45, 7) is 4.07. The summed E-state index contributed by atoms with van der Waals surface area (Å²) in [5.74, 6) is 7.05. The number of halogens is 2. The highest BCUT2D eigenvalue weighted by molar-refractivity contribution is 9.10. The van der Waals surface area contributed by atoms with Crippen LogP contribution in [0.5, 0.6) is 0 Å². The smallest absolute Gasteiger partial charge is 0.151 e. The number of anilines is 1. The Kier molecular flexibility index (Phi) is 3.51. The van der Waals surface area contributed by atoms with E-state index in [1.165, 1.54) is 0 Å². The van der Waals surface area contributed by atoms with Gasteiger partial charge >= 0.3 is 0 Å². The number of hydrogen-bond acceptors (Lipinski definition) is 4. The van der Waals surface area contributed by atoms with E-state index in [4.69, 9.17) is 17.4 Å². The molecule has 0 atom stereocenters. The molecule has 90 valence electrons. The van der Waals surface area contributed by atoms with Gasteiger partial charge in [-0.25, -0.2) is 15.8 Å². The monoisotopic (exact) mass is 314 g/mol. The average molecular weight is 316 g/mol. The van der Waals surface area contributed by atoms with Crippen LogP contribution in [0.25, 0.3) is 10.9 Å². The van der Waals surface area contributed by atoms with Crippen molar-refractivity contribution >= 4 is 44.3 Å². The fraction of sp³-hybridized carbons (Fsp3) is 0.273. The van der Waals surface area contributed by atoms with Gasteiger partial charge in [-0.1, -0.05) is 25.4 Å². The number of fused-ring (bicyclic) bond motifs is 1. The predicted octanol–water partition coefficient (Wildman–Crippen LogP) is 3.45. The lowest BCUT2D eigenvalue weighted by Gasteiger charge is -2.11. The van der Waals surface area contributed by atoms with E-state index in [-0.39, 0.29) is 5.92 Å². The molecule has 4 nitrogen and oxygen atoms in total. The molecule has 0 spiro atoms. The number of hydrazine groups is 1. The fourth-order valence-corrected chi connectivity index (χ4v) is 2.44. The molecule has 0 bridgehead atoms. The van der Waals surface area contributed by atoms with Crippen molar-refractivity contribution in [2.24, 2.45) is 5.84 Å². The van der Waals surface area contributed by atoms with E-state index < -0.39 is 0 Å². The lowest BCUT2D eigenvalue weighted by Crippen LogP contribution is -2.12. The van der Waals surface area contributed by atoms with Gasteiger partial charge in [0.2, 0.25) is 0 Å². The predicted molar refractivity (Wildman–Crippen MR) is 74.1 cm³/mol. The molecule has 0 amide bonds. The Balaban J connectivity index is 2.82. The van der Waals surface area contributed by atoms with Gasteiger partial charge in [0.15, 0.2) is 5.82 Å². The standard InChI is InChI=1S/C11H12BrClN4/c1-5(2)10-15-9-7(11(16-10)17-14)3-6(13)4-8(9)12/h3-5H,14H2,1-2H3,(H,15,16,17). The topological polar surface area (TPSA) is 63.8 Å². The number of benzene rings is 1. The Labute approximate surface area is 113 Å². The van der Waals surface area contributed by atoms with Crippen molar-refractivity contribution in [3.63, 3.8) is 0 Å². The zero-order chi connectivity index (χ0) is 12.6. The van der Waals surface area contributed by atoms with Crippen LogP contribution in [0.15, 0.2) is 16.6 Å². The second-order valence-corrected chi connectivity index (χ2v) is 5.30. The Hall–Kier alpha value is -0.910. The third-order valence-corrected chi connectivity index (χ3v) is 3.21. The molecule has 0 aliphatic rings. The molecule has 17 heavy (non-hydrogen) atoms. The number of aromatic nitrogens is 2. The fourth-order valence-electron chi connectivity index (χ4n) is 1.54. The Morgan fingerprint density at radius 1 is 1.35 bits per heavy atom. The first kappa shape index (κ1) is 12.5. The van der Waals surface area contributed by atoms with E-state index >= 15 is 0 Å². The van der Waals surface area contributed by atoms with E-state index in [1.54, 1.807) is 12.1 Å². The normalized spacial score (nSPS) is 11.2. The van der Waals surface area contributed by atoms with Crippen LogP contribution >= 0.6 is 27.5 Å². The summed E-state index contributed by atoms with van der Waals surface area (Å²) in [6.07, 6.45) is 0. The largest absolute Gasteiger partial charge is 0.308 e. The van der Waals surface area contributed by atoms with Crippen LogP contribution in [-0.2, 0) is 0 Å². The number of nitrogens with one attached hydrogen (secondary N) is 1. The van der Waals surface area contributed by atoms with Crippen LogP contribution in [-0.4, -0.2) is 9.97 Å². The van der Waals surface area contributed by atoms with Crippen molar-refractivity contribution in [2.45, 2.75) is 19.8 Å². The van der Waals surface area contributed by atoms with Crippen molar-refractivity contribution in [3.8, 4) is 0 Å². The molecule has 0 saturated carbocycles. The van der Waals surface area contributed by atoms with Crippen LogP contribution in [0, 0.1) is 0 Å². The summed E-state index contributed by atoms with van der Waals surface area (Å²) < 4.78 is 0.834. The maximum absolute atomic E-state index is 6.00. The molecule has 3 N–H and O–H groups in total. The van der Waals surface area contributed by atoms with Crippen LogP contribution in [0.1, 0.15) is 25.6 Å². The molecule has 0 saturated heterocycles. The van der Waals surface area contributed by atoms with Gasteiger partial charge in [-0.2, -0.15) is 0 Å². The number of hydrogen-bond donors (Lipinski definition) is 2. The minimum absolute atomic E-state index is 0.231. The molecule has 1 heterocycles. The third kappa shape index (κ3) is 2.36. The van der Waals surface area contributed by atoms with Gasteiger partial charge in [-0.15, -0.1) is 0 Å². The van der Waals surface area contributed by atoms with Gasteiger partial charge < -0.3 is 5.43 Å². The van der Waals surface area contributed by atoms with Crippen molar-refractivity contribution in [1.29, 1.82) is 0 Å². The Morgan fingerprint density at radius 2 is 2.06 bits per heavy atom. The minimum Gasteiger partial charge on any atom is -0.308 e. The van der Waals surface area contributed by atoms with Crippen molar-refractivity contribution in [1.82, 2.24) is 9.97 Å². The van der Waals surface area contributed by atoms with Gasteiger partial charge in [0, 0.05) is 20.8 Å². The number of nitrogen functional groups attached to an aromatic ring is 1. The molecule has 0 radical (unpaired) electrons. The summed E-state index contributed by atoms with van der Waals surface area (Å²) in [5, 5.41) is 1.41. The first-order chi connectivity index (χ1) is 8.02. The summed E-state index contributed by atoms with van der Waals surface area (Å²) in [7, 11) is 0. The van der Waals surface area contributed by atoms with Crippen LogP contribution in [0.2, 0.25) is 5.02 Å². The molecule has 0 fully saturated rings. The summed E-state index contributed by atoms with van der Waals surface area (Å²) in [4.78, 5) is 8.89. The van der Waals surface area contributed by atoms with Gasteiger partial charge in [-0.05, 0) is 28.1 Å². The molecule has 0 aliphatic heterocycles. The van der Waals surface area contributed by atoms with E-state index in [0.717, 1.165) is 21.2 Å². The number of nitrogens with zero attached hydrogens (tertiary/aromatic N) is 2. The second kappa shape index (κ2) is 4.76. The van der Waals surface area contributed by atoms with Crippen LogP contribution in [0.3, 0.4) is 0 Å². The van der Waals surface area contributed by atoms with Crippen LogP contribution < -0.4 is 11.3 Å². The van der Waals surface area contributed by atoms with Gasteiger partial charge in [0.1, 0.15) is 5.82 Å². The van der Waals surface area contributed by atoms with Crippen molar-refractivity contribution < 1.29 is 0 Å². The molecular formula is C11H12BrClN4. The highest BCUT2D eigenvalue weighted by Gasteiger charge is 2.12. The lowest BCUT2D eigenvalue weighted by molar-refractivity contribution is 0.783. The third-order valence-electron chi connectivity index (χ3n) is 2.39. The molecule has 1 aromatic carbocycles. The first-order valence-electron chi connectivity index (χ1n) is 5.16. The highest BCUT2D eigenvalue weighted by atomic mass is 79.9. The zero-order valence-corrected chi connectivity index (χ0v) is 11.8. The van der Waals surface area contributed by atoms with Gasteiger partial charge in [0.25, 0.3) is 0 Å². The molecule has 2 aromatic rings. The summed E-state index contributed by atoms with van der Waals surface area (Å²) >= 11 is 9.45. The maximum atomic E-state index is 6.00. The van der Waals surface area contributed by atoms with E-state index in [1.807, 2.05) is 13.8 Å². The molecule has 2 rings (SSSR count). The van der Waals surface area contributed by atoms with E-state index in [0.29, 0.717) is 10.8 Å². The molecule has 0 aliphatic carbocycles. The minimum atomic E-state index is 0.231. The second-order valence-electron chi connectivity index (χ2n) is 4.01. The molecule has 6 heteroatoms. The van der Waals surface area contributed by atoms with Gasteiger partial charge in [0.05, 0.1) is 5.52 Å². The summed E-state index contributed by atoms with van der Waals surface area (Å²) in [5.41, 5.74) is 3.40. The van der Waals surface area contributed by atoms with Crippen molar-refractivity contribution in [3.05, 3.63) is 27.5 Å². The Morgan fingerprint density at radius 3 is 2.65 bits per heavy atom. The van der Waals surface area contributed by atoms with Gasteiger partial charge in [-0.3, -0.25) is 0 Å². The highest BCUT2D eigenvalue weighted by Crippen LogP contribution is 2.31. The average Bonchev–Trinajstić information content (AvgIpc) is 2.27. The first-order valence-corrected chi connectivity index (χ1v) is 6.33. The zero-order valence-electron chi connectivity index (χ0n) is 9.46.